The predicted molar refractivity (Wildman–Crippen MR) is 111 cm³/mol. The van der Waals surface area contributed by atoms with Crippen molar-refractivity contribution in [2.75, 3.05) is 32.1 Å². The number of para-hydroxylation sites is 2. The van der Waals surface area contributed by atoms with Crippen LogP contribution in [0.2, 0.25) is 0 Å². The van der Waals surface area contributed by atoms with Gasteiger partial charge in [-0.1, -0.05) is 43.3 Å². The molecule has 2 amide bonds. The summed E-state index contributed by atoms with van der Waals surface area (Å²) in [6, 6.07) is 15.2. The molecule has 0 bridgehead atoms. The SMILES string of the molecule is CCCN(CC(=O)NCc1ccccc1OC)CC(=O)Nc1ccccc1C. The quantitative estimate of drug-likeness (QED) is 0.662. The van der Waals surface area contributed by atoms with Crippen LogP contribution in [0.5, 0.6) is 5.75 Å². The highest BCUT2D eigenvalue weighted by atomic mass is 16.5. The number of ether oxygens (including phenoxy) is 1. The number of methoxy groups -OCH3 is 1. The van der Waals surface area contributed by atoms with E-state index in [0.29, 0.717) is 13.1 Å². The summed E-state index contributed by atoms with van der Waals surface area (Å²) in [4.78, 5) is 26.6. The summed E-state index contributed by atoms with van der Waals surface area (Å²) in [5.74, 6) is 0.495. The Morgan fingerprint density at radius 2 is 1.68 bits per heavy atom. The van der Waals surface area contributed by atoms with Crippen molar-refractivity contribution in [3.05, 3.63) is 59.7 Å². The molecular formula is C22H29N3O3. The lowest BCUT2D eigenvalue weighted by molar-refractivity contribution is -0.123. The van der Waals surface area contributed by atoms with Crippen LogP contribution in [0.1, 0.15) is 24.5 Å². The van der Waals surface area contributed by atoms with Crippen molar-refractivity contribution >= 4 is 17.5 Å². The monoisotopic (exact) mass is 383 g/mol. The Morgan fingerprint density at radius 3 is 2.39 bits per heavy atom. The molecule has 0 aromatic heterocycles. The van der Waals surface area contributed by atoms with Crippen LogP contribution in [0.4, 0.5) is 5.69 Å². The van der Waals surface area contributed by atoms with Gasteiger partial charge in [0.25, 0.3) is 0 Å². The fourth-order valence-corrected chi connectivity index (χ4v) is 2.94. The number of aryl methyl sites for hydroxylation is 1. The largest absolute Gasteiger partial charge is 0.496 e. The van der Waals surface area contributed by atoms with Gasteiger partial charge in [-0.25, -0.2) is 0 Å². The highest BCUT2D eigenvalue weighted by Gasteiger charge is 2.15. The molecule has 0 saturated heterocycles. The summed E-state index contributed by atoms with van der Waals surface area (Å²) in [6.45, 7) is 5.37. The van der Waals surface area contributed by atoms with Gasteiger partial charge in [0.1, 0.15) is 5.75 Å². The zero-order valence-corrected chi connectivity index (χ0v) is 16.8. The van der Waals surface area contributed by atoms with E-state index in [4.69, 9.17) is 4.74 Å². The van der Waals surface area contributed by atoms with Crippen LogP contribution in [0.15, 0.2) is 48.5 Å². The van der Waals surface area contributed by atoms with E-state index >= 15 is 0 Å². The third-order valence-electron chi connectivity index (χ3n) is 4.36. The van der Waals surface area contributed by atoms with Crippen molar-refractivity contribution in [1.82, 2.24) is 10.2 Å². The van der Waals surface area contributed by atoms with Crippen molar-refractivity contribution in [3.63, 3.8) is 0 Å². The first-order valence-corrected chi connectivity index (χ1v) is 9.50. The normalized spacial score (nSPS) is 10.6. The lowest BCUT2D eigenvalue weighted by Gasteiger charge is -2.21. The van der Waals surface area contributed by atoms with Crippen LogP contribution in [0.3, 0.4) is 0 Å². The van der Waals surface area contributed by atoms with Gasteiger partial charge in [0.15, 0.2) is 0 Å². The molecule has 2 rings (SSSR count). The molecule has 6 heteroatoms. The standard InChI is InChI=1S/C22H29N3O3/c1-4-13-25(16-22(27)24-19-11-7-5-9-17(19)2)15-21(26)23-14-18-10-6-8-12-20(18)28-3/h5-12H,4,13-16H2,1-3H3,(H,23,26)(H,24,27). The summed E-state index contributed by atoms with van der Waals surface area (Å²) in [5, 5.41) is 5.82. The van der Waals surface area contributed by atoms with Crippen molar-refractivity contribution in [3.8, 4) is 5.75 Å². The second-order valence-corrected chi connectivity index (χ2v) is 6.66. The zero-order valence-electron chi connectivity index (χ0n) is 16.8. The van der Waals surface area contributed by atoms with E-state index in [1.54, 1.807) is 7.11 Å². The second kappa shape index (κ2) is 11.1. The number of nitrogens with zero attached hydrogens (tertiary/aromatic N) is 1. The minimum atomic E-state index is -0.125. The predicted octanol–water partition coefficient (Wildman–Crippen LogP) is 2.97. The van der Waals surface area contributed by atoms with E-state index in [-0.39, 0.29) is 24.9 Å². The molecule has 0 unspecified atom stereocenters. The molecule has 2 aromatic carbocycles. The maximum atomic E-state index is 12.4. The van der Waals surface area contributed by atoms with Crippen molar-refractivity contribution in [2.24, 2.45) is 0 Å². The van der Waals surface area contributed by atoms with Gasteiger partial charge in [-0.15, -0.1) is 0 Å². The third-order valence-corrected chi connectivity index (χ3v) is 4.36. The minimum Gasteiger partial charge on any atom is -0.496 e. The van der Waals surface area contributed by atoms with E-state index in [0.717, 1.165) is 29.0 Å². The van der Waals surface area contributed by atoms with Gasteiger partial charge in [0, 0.05) is 17.8 Å². The molecule has 0 aliphatic heterocycles. The molecule has 0 fully saturated rings. The lowest BCUT2D eigenvalue weighted by Crippen LogP contribution is -2.41. The van der Waals surface area contributed by atoms with Crippen molar-refractivity contribution in [1.29, 1.82) is 0 Å². The number of nitrogens with one attached hydrogen (secondary N) is 2. The van der Waals surface area contributed by atoms with Crippen molar-refractivity contribution in [2.45, 2.75) is 26.8 Å². The summed E-state index contributed by atoms with van der Waals surface area (Å²) >= 11 is 0. The Kier molecular flexibility index (Phi) is 8.49. The summed E-state index contributed by atoms with van der Waals surface area (Å²) in [6.07, 6.45) is 0.859. The first kappa shape index (κ1) is 21.4. The summed E-state index contributed by atoms with van der Waals surface area (Å²) < 4.78 is 5.30. The smallest absolute Gasteiger partial charge is 0.238 e. The molecule has 0 saturated carbocycles. The zero-order chi connectivity index (χ0) is 20.4. The Bertz CT molecular complexity index is 792. The van der Waals surface area contributed by atoms with E-state index in [1.807, 2.05) is 67.3 Å². The number of amides is 2. The fourth-order valence-electron chi connectivity index (χ4n) is 2.94. The van der Waals surface area contributed by atoms with Gasteiger partial charge in [0.05, 0.1) is 20.2 Å². The molecular weight excluding hydrogens is 354 g/mol. The average Bonchev–Trinajstić information content (AvgIpc) is 2.68. The van der Waals surface area contributed by atoms with E-state index < -0.39 is 0 Å². The van der Waals surface area contributed by atoms with Crippen LogP contribution in [0, 0.1) is 6.92 Å². The van der Waals surface area contributed by atoms with E-state index in [2.05, 4.69) is 10.6 Å². The minimum absolute atomic E-state index is 0.122. The number of carbonyl (C=O) groups excluding carboxylic acids is 2. The number of anilines is 1. The highest BCUT2D eigenvalue weighted by molar-refractivity contribution is 5.93. The maximum Gasteiger partial charge on any atom is 0.238 e. The molecule has 0 aliphatic carbocycles. The Morgan fingerprint density at radius 1 is 1.00 bits per heavy atom. The number of carbonyl (C=O) groups is 2. The molecule has 2 N–H and O–H groups in total. The van der Waals surface area contributed by atoms with Gasteiger partial charge in [-0.2, -0.15) is 0 Å². The first-order chi connectivity index (χ1) is 13.5. The molecule has 150 valence electrons. The molecule has 0 radical (unpaired) electrons. The molecule has 0 aliphatic rings. The maximum absolute atomic E-state index is 12.4. The lowest BCUT2D eigenvalue weighted by atomic mass is 10.2. The fraction of sp³-hybridized carbons (Fsp3) is 0.364. The first-order valence-electron chi connectivity index (χ1n) is 9.50. The van der Waals surface area contributed by atoms with Crippen LogP contribution < -0.4 is 15.4 Å². The molecule has 0 heterocycles. The van der Waals surface area contributed by atoms with Crippen LogP contribution in [0.25, 0.3) is 0 Å². The van der Waals surface area contributed by atoms with Crippen LogP contribution in [-0.4, -0.2) is 43.5 Å². The van der Waals surface area contributed by atoms with Crippen LogP contribution in [-0.2, 0) is 16.1 Å². The topological polar surface area (TPSA) is 70.7 Å². The van der Waals surface area contributed by atoms with Gasteiger partial charge in [-0.3, -0.25) is 14.5 Å². The highest BCUT2D eigenvalue weighted by Crippen LogP contribution is 2.16. The van der Waals surface area contributed by atoms with Gasteiger partial charge in [-0.05, 0) is 37.6 Å². The number of hydrogen-bond acceptors (Lipinski definition) is 4. The Balaban J connectivity index is 1.88. The Hall–Kier alpha value is -2.86. The number of hydrogen-bond donors (Lipinski definition) is 2. The van der Waals surface area contributed by atoms with Gasteiger partial charge < -0.3 is 15.4 Å². The van der Waals surface area contributed by atoms with E-state index in [9.17, 15) is 9.59 Å². The van der Waals surface area contributed by atoms with E-state index in [1.165, 1.54) is 0 Å². The summed E-state index contributed by atoms with van der Waals surface area (Å²) in [5.41, 5.74) is 2.72. The molecule has 0 spiro atoms. The summed E-state index contributed by atoms with van der Waals surface area (Å²) in [7, 11) is 1.61. The van der Waals surface area contributed by atoms with Gasteiger partial charge >= 0.3 is 0 Å². The second-order valence-electron chi connectivity index (χ2n) is 6.66. The number of rotatable bonds is 10. The molecule has 0 atom stereocenters. The third kappa shape index (κ3) is 6.70. The van der Waals surface area contributed by atoms with Crippen LogP contribution >= 0.6 is 0 Å². The van der Waals surface area contributed by atoms with Crippen molar-refractivity contribution < 1.29 is 14.3 Å². The van der Waals surface area contributed by atoms with Gasteiger partial charge in [0.2, 0.25) is 11.8 Å². The molecule has 28 heavy (non-hydrogen) atoms. The molecule has 2 aromatic rings. The average molecular weight is 383 g/mol. The number of benzene rings is 2. The molecule has 6 nitrogen and oxygen atoms in total. The Labute approximate surface area is 166 Å².